The summed E-state index contributed by atoms with van der Waals surface area (Å²) in [6.07, 6.45) is 0. The van der Waals surface area contributed by atoms with Gasteiger partial charge in [0.1, 0.15) is 10.6 Å². The number of carbonyl (C=O) groups excluding carboxylic acids is 1. The molecule has 3 heterocycles. The molecular formula is C26H28N4O3S. The number of hydrogen-bond acceptors (Lipinski definition) is 6. The summed E-state index contributed by atoms with van der Waals surface area (Å²) < 4.78 is 12.8. The number of hydrogen-bond donors (Lipinski definition) is 1. The molecule has 1 amide bonds. The summed E-state index contributed by atoms with van der Waals surface area (Å²) >= 11 is 1.47. The minimum atomic E-state index is -0.0630. The average molecular weight is 477 g/mol. The third-order valence-electron chi connectivity index (χ3n) is 6.21. The van der Waals surface area contributed by atoms with E-state index in [1.54, 1.807) is 7.11 Å². The lowest BCUT2D eigenvalue weighted by molar-refractivity contribution is 0.0162. The van der Waals surface area contributed by atoms with E-state index in [1.807, 2.05) is 60.1 Å². The molecule has 2 aromatic heterocycles. The first-order chi connectivity index (χ1) is 16.6. The fraction of sp³-hybridized carbons (Fsp3) is 0.308. The number of benzene rings is 2. The zero-order valence-electron chi connectivity index (χ0n) is 19.4. The van der Waals surface area contributed by atoms with Crippen molar-refractivity contribution in [3.05, 3.63) is 76.8 Å². The predicted molar refractivity (Wildman–Crippen MR) is 134 cm³/mol. The van der Waals surface area contributed by atoms with Crippen molar-refractivity contribution in [2.45, 2.75) is 13.0 Å². The highest BCUT2D eigenvalue weighted by atomic mass is 32.1. The molecule has 1 N–H and O–H groups in total. The maximum Gasteiger partial charge on any atom is 0.261 e. The Morgan fingerprint density at radius 1 is 1.15 bits per heavy atom. The molecule has 8 heteroatoms. The van der Waals surface area contributed by atoms with Gasteiger partial charge in [-0.05, 0) is 42.8 Å². The number of methoxy groups -OCH3 is 1. The zero-order chi connectivity index (χ0) is 23.5. The second-order valence-corrected chi connectivity index (χ2v) is 9.34. The smallest absolute Gasteiger partial charge is 0.261 e. The van der Waals surface area contributed by atoms with Crippen molar-refractivity contribution >= 4 is 27.5 Å². The number of thiophene rings is 1. The predicted octanol–water partition coefficient (Wildman–Crippen LogP) is 4.21. The Kier molecular flexibility index (Phi) is 6.62. The minimum Gasteiger partial charge on any atom is -0.497 e. The molecule has 1 saturated heterocycles. The molecule has 1 fully saturated rings. The van der Waals surface area contributed by atoms with E-state index in [0.29, 0.717) is 24.6 Å². The van der Waals surface area contributed by atoms with Crippen molar-refractivity contribution < 1.29 is 14.3 Å². The summed E-state index contributed by atoms with van der Waals surface area (Å²) in [5.74, 6) is 0.758. The monoisotopic (exact) mass is 476 g/mol. The molecule has 1 atom stereocenters. The lowest BCUT2D eigenvalue weighted by Crippen LogP contribution is -2.43. The van der Waals surface area contributed by atoms with Gasteiger partial charge in [0.15, 0.2) is 0 Å². The van der Waals surface area contributed by atoms with Gasteiger partial charge < -0.3 is 14.8 Å². The van der Waals surface area contributed by atoms with Crippen LogP contribution in [0.25, 0.3) is 15.9 Å². The fourth-order valence-corrected chi connectivity index (χ4v) is 5.45. The van der Waals surface area contributed by atoms with Gasteiger partial charge in [-0.25, -0.2) is 4.68 Å². The van der Waals surface area contributed by atoms with Gasteiger partial charge in [-0.3, -0.25) is 9.69 Å². The third kappa shape index (κ3) is 4.57. The minimum absolute atomic E-state index is 0.0630. The Hall–Kier alpha value is -3.20. The van der Waals surface area contributed by atoms with E-state index in [-0.39, 0.29) is 11.9 Å². The van der Waals surface area contributed by atoms with Gasteiger partial charge >= 0.3 is 0 Å². The highest BCUT2D eigenvalue weighted by Crippen LogP contribution is 2.31. The summed E-state index contributed by atoms with van der Waals surface area (Å²) in [6, 6.07) is 20.1. The lowest BCUT2D eigenvalue weighted by Gasteiger charge is -2.35. The molecule has 5 rings (SSSR count). The Balaban J connectivity index is 1.36. The second kappa shape index (κ2) is 9.97. The van der Waals surface area contributed by atoms with Crippen LogP contribution in [-0.4, -0.2) is 60.5 Å². The number of rotatable bonds is 7. The van der Waals surface area contributed by atoms with Gasteiger partial charge in [-0.2, -0.15) is 5.10 Å². The molecule has 0 radical (unpaired) electrons. The van der Waals surface area contributed by atoms with Gasteiger partial charge in [0.2, 0.25) is 0 Å². The number of nitrogens with one attached hydrogen (secondary N) is 1. The van der Waals surface area contributed by atoms with Crippen molar-refractivity contribution in [2.24, 2.45) is 0 Å². The number of para-hydroxylation sites is 1. The van der Waals surface area contributed by atoms with E-state index in [1.165, 1.54) is 11.3 Å². The van der Waals surface area contributed by atoms with E-state index in [4.69, 9.17) is 9.47 Å². The molecule has 7 nitrogen and oxygen atoms in total. The molecule has 176 valence electrons. The first-order valence-electron chi connectivity index (χ1n) is 11.4. The van der Waals surface area contributed by atoms with E-state index < -0.39 is 0 Å². The van der Waals surface area contributed by atoms with Gasteiger partial charge in [0, 0.05) is 25.0 Å². The molecular weight excluding hydrogens is 448 g/mol. The van der Waals surface area contributed by atoms with Crippen LogP contribution in [-0.2, 0) is 4.74 Å². The van der Waals surface area contributed by atoms with Crippen LogP contribution >= 0.6 is 11.3 Å². The van der Waals surface area contributed by atoms with Crippen LogP contribution in [0.4, 0.5) is 0 Å². The Labute approximate surface area is 202 Å². The Morgan fingerprint density at radius 2 is 1.88 bits per heavy atom. The van der Waals surface area contributed by atoms with E-state index in [2.05, 4.69) is 27.4 Å². The van der Waals surface area contributed by atoms with Crippen molar-refractivity contribution in [1.82, 2.24) is 20.0 Å². The quantitative estimate of drug-likeness (QED) is 0.433. The fourth-order valence-electron chi connectivity index (χ4n) is 4.35. The van der Waals surface area contributed by atoms with Crippen molar-refractivity contribution in [3.8, 4) is 11.4 Å². The van der Waals surface area contributed by atoms with Crippen LogP contribution < -0.4 is 10.1 Å². The average Bonchev–Trinajstić information content (AvgIpc) is 3.46. The van der Waals surface area contributed by atoms with Crippen LogP contribution in [0.1, 0.15) is 27.0 Å². The van der Waals surface area contributed by atoms with Gasteiger partial charge in [0.05, 0.1) is 42.6 Å². The molecule has 34 heavy (non-hydrogen) atoms. The number of morpholine rings is 1. The number of aromatic nitrogens is 2. The molecule has 0 spiro atoms. The molecule has 4 aromatic rings. The number of ether oxygens (including phenoxy) is 2. The molecule has 1 aliphatic heterocycles. The molecule has 1 aliphatic rings. The SMILES string of the molecule is COc1ccc([C@H](CNC(=O)c2cc3c(C)nn(-c4ccccc4)c3s2)N2CCOCC2)cc1. The number of aryl methyl sites for hydroxylation is 1. The van der Waals surface area contributed by atoms with Crippen LogP contribution in [0, 0.1) is 6.92 Å². The molecule has 0 unspecified atom stereocenters. The van der Waals surface area contributed by atoms with Crippen LogP contribution in [0.15, 0.2) is 60.7 Å². The number of amides is 1. The number of carbonyl (C=O) groups is 1. The maximum atomic E-state index is 13.2. The van der Waals surface area contributed by atoms with Crippen LogP contribution in [0.3, 0.4) is 0 Å². The van der Waals surface area contributed by atoms with E-state index >= 15 is 0 Å². The summed E-state index contributed by atoms with van der Waals surface area (Å²) in [7, 11) is 1.67. The first-order valence-corrected chi connectivity index (χ1v) is 12.2. The summed E-state index contributed by atoms with van der Waals surface area (Å²) in [6.45, 7) is 5.57. The van der Waals surface area contributed by atoms with Crippen molar-refractivity contribution in [2.75, 3.05) is 40.0 Å². The summed E-state index contributed by atoms with van der Waals surface area (Å²) in [5, 5.41) is 8.87. The topological polar surface area (TPSA) is 68.6 Å². The normalized spacial score (nSPS) is 15.4. The molecule has 0 bridgehead atoms. The number of nitrogens with zero attached hydrogens (tertiary/aromatic N) is 3. The van der Waals surface area contributed by atoms with E-state index in [9.17, 15) is 4.79 Å². The first kappa shape index (κ1) is 22.6. The number of fused-ring (bicyclic) bond motifs is 1. The summed E-state index contributed by atoms with van der Waals surface area (Å²) in [4.78, 5) is 17.2. The lowest BCUT2D eigenvalue weighted by atomic mass is 10.0. The van der Waals surface area contributed by atoms with Gasteiger partial charge in [-0.15, -0.1) is 11.3 Å². The standard InChI is InChI=1S/C26H28N4O3S/c1-18-22-16-24(34-26(22)30(28-18)20-6-4-3-5-7-20)25(31)27-17-23(29-12-14-33-15-13-29)19-8-10-21(32-2)11-9-19/h3-11,16,23H,12-15,17H2,1-2H3,(H,27,31)/t23-/m0/s1. The largest absolute Gasteiger partial charge is 0.497 e. The van der Waals surface area contributed by atoms with Crippen molar-refractivity contribution in [3.63, 3.8) is 0 Å². The van der Waals surface area contributed by atoms with Crippen molar-refractivity contribution in [1.29, 1.82) is 0 Å². The Morgan fingerprint density at radius 3 is 2.59 bits per heavy atom. The second-order valence-electron chi connectivity index (χ2n) is 8.31. The highest BCUT2D eigenvalue weighted by Gasteiger charge is 2.24. The summed E-state index contributed by atoms with van der Waals surface area (Å²) in [5.41, 5.74) is 3.05. The van der Waals surface area contributed by atoms with Gasteiger partial charge in [0.25, 0.3) is 5.91 Å². The van der Waals surface area contributed by atoms with Crippen LogP contribution in [0.5, 0.6) is 5.75 Å². The Bertz CT molecular complexity index is 1260. The molecule has 2 aromatic carbocycles. The van der Waals surface area contributed by atoms with E-state index in [0.717, 1.165) is 46.0 Å². The highest BCUT2D eigenvalue weighted by molar-refractivity contribution is 7.20. The molecule has 0 aliphatic carbocycles. The third-order valence-corrected chi connectivity index (χ3v) is 7.32. The van der Waals surface area contributed by atoms with Gasteiger partial charge in [-0.1, -0.05) is 30.3 Å². The molecule has 0 saturated carbocycles. The van der Waals surface area contributed by atoms with Crippen LogP contribution in [0.2, 0.25) is 0 Å². The zero-order valence-corrected chi connectivity index (χ0v) is 20.2. The maximum absolute atomic E-state index is 13.2.